The minimum absolute atomic E-state index is 0.175. The number of hydrogen-bond donors (Lipinski definition) is 0. The average Bonchev–Trinajstić information content (AvgIpc) is 2.87. The third-order valence-electron chi connectivity index (χ3n) is 4.78. The fourth-order valence-corrected chi connectivity index (χ4v) is 3.58. The van der Waals surface area contributed by atoms with E-state index in [2.05, 4.69) is 16.1 Å². The number of hydrogen-bond acceptors (Lipinski definition) is 4. The molecule has 2 heterocycles. The van der Waals surface area contributed by atoms with Gasteiger partial charge in [-0.25, -0.2) is 0 Å². The summed E-state index contributed by atoms with van der Waals surface area (Å²) in [5, 5.41) is 13.2. The van der Waals surface area contributed by atoms with Crippen molar-refractivity contribution in [3.05, 3.63) is 52.3 Å². The molecule has 27 heavy (non-hydrogen) atoms. The highest BCUT2D eigenvalue weighted by atomic mass is 19.4. The molecule has 1 unspecified atom stereocenters. The number of nitriles is 1. The second-order valence-electron chi connectivity index (χ2n) is 6.73. The lowest BCUT2D eigenvalue weighted by molar-refractivity contribution is -0.143. The predicted molar refractivity (Wildman–Crippen MR) is 92.9 cm³/mol. The van der Waals surface area contributed by atoms with Crippen LogP contribution in [0.15, 0.2) is 24.3 Å². The Hall–Kier alpha value is -2.37. The van der Waals surface area contributed by atoms with Crippen molar-refractivity contribution in [2.45, 2.75) is 39.2 Å². The topological polar surface area (TPSA) is 54.1 Å². The fourth-order valence-electron chi connectivity index (χ4n) is 3.58. The summed E-state index contributed by atoms with van der Waals surface area (Å²) >= 11 is 0. The van der Waals surface area contributed by atoms with Gasteiger partial charge in [-0.05, 0) is 31.5 Å². The smallest absolute Gasteiger partial charge is 0.378 e. The lowest BCUT2D eigenvalue weighted by Crippen LogP contribution is -2.39. The highest BCUT2D eigenvalue weighted by Gasteiger charge is 2.33. The number of ether oxygens (including phenoxy) is 1. The minimum atomic E-state index is -4.32. The number of halogens is 3. The summed E-state index contributed by atoms with van der Waals surface area (Å²) in [5.74, 6) is 0. The molecule has 1 atom stereocenters. The number of benzene rings is 1. The zero-order valence-corrected chi connectivity index (χ0v) is 15.3. The molecular weight excluding hydrogens is 357 g/mol. The zero-order chi connectivity index (χ0) is 19.6. The van der Waals surface area contributed by atoms with E-state index < -0.39 is 12.7 Å². The number of aryl methyl sites for hydroxylation is 1. The van der Waals surface area contributed by atoms with Crippen LogP contribution in [-0.4, -0.2) is 40.6 Å². The van der Waals surface area contributed by atoms with Crippen molar-refractivity contribution in [3.8, 4) is 6.07 Å². The lowest BCUT2D eigenvalue weighted by atomic mass is 10.0. The first-order valence-electron chi connectivity index (χ1n) is 8.70. The van der Waals surface area contributed by atoms with Gasteiger partial charge in [0.1, 0.15) is 6.54 Å². The lowest BCUT2D eigenvalue weighted by Gasteiger charge is -2.36. The summed E-state index contributed by atoms with van der Waals surface area (Å²) < 4.78 is 45.1. The van der Waals surface area contributed by atoms with Crippen LogP contribution in [0.1, 0.15) is 34.1 Å². The number of nitrogens with zero attached hydrogens (tertiary/aromatic N) is 4. The van der Waals surface area contributed by atoms with Crippen LogP contribution in [0.25, 0.3) is 0 Å². The molecule has 1 aliphatic heterocycles. The van der Waals surface area contributed by atoms with E-state index in [4.69, 9.17) is 10.00 Å². The zero-order valence-electron chi connectivity index (χ0n) is 15.3. The van der Waals surface area contributed by atoms with E-state index in [-0.39, 0.29) is 6.04 Å². The summed E-state index contributed by atoms with van der Waals surface area (Å²) in [6.07, 6.45) is -4.32. The van der Waals surface area contributed by atoms with Crippen LogP contribution in [0.4, 0.5) is 13.2 Å². The summed E-state index contributed by atoms with van der Waals surface area (Å²) in [5.41, 5.74) is 3.45. The Bertz CT molecular complexity index is 854. The van der Waals surface area contributed by atoms with Crippen molar-refractivity contribution in [1.82, 2.24) is 14.7 Å². The van der Waals surface area contributed by atoms with E-state index >= 15 is 0 Å². The van der Waals surface area contributed by atoms with E-state index in [9.17, 15) is 13.2 Å². The Morgan fingerprint density at radius 3 is 2.81 bits per heavy atom. The first-order valence-corrected chi connectivity index (χ1v) is 8.70. The highest BCUT2D eigenvalue weighted by Crippen LogP contribution is 2.31. The van der Waals surface area contributed by atoms with E-state index in [1.165, 1.54) is 0 Å². The molecule has 0 radical (unpaired) electrons. The van der Waals surface area contributed by atoms with Gasteiger partial charge in [0, 0.05) is 24.3 Å². The number of rotatable bonds is 4. The van der Waals surface area contributed by atoms with E-state index in [0.717, 1.165) is 15.8 Å². The summed E-state index contributed by atoms with van der Waals surface area (Å²) in [6, 6.07) is 9.31. The number of aromatic nitrogens is 2. The Balaban J connectivity index is 1.88. The SMILES string of the molecule is Cc1nn(CC(F)(F)F)c(C)c1C1COCCN1Cc1cccc(C#N)c1. The van der Waals surface area contributed by atoms with Crippen LogP contribution in [0.5, 0.6) is 0 Å². The Labute approximate surface area is 156 Å². The number of alkyl halides is 3. The van der Waals surface area contributed by atoms with Gasteiger partial charge < -0.3 is 4.74 Å². The first-order chi connectivity index (χ1) is 12.8. The molecule has 0 N–H and O–H groups in total. The van der Waals surface area contributed by atoms with Gasteiger partial charge in [-0.15, -0.1) is 0 Å². The summed E-state index contributed by atoms with van der Waals surface area (Å²) in [6.45, 7) is 4.51. The largest absolute Gasteiger partial charge is 0.408 e. The molecule has 0 bridgehead atoms. The maximum atomic E-state index is 12.8. The number of morpholine rings is 1. The second-order valence-corrected chi connectivity index (χ2v) is 6.73. The van der Waals surface area contributed by atoms with Crippen LogP contribution >= 0.6 is 0 Å². The maximum Gasteiger partial charge on any atom is 0.408 e. The molecule has 0 saturated carbocycles. The van der Waals surface area contributed by atoms with Crippen LogP contribution in [0.3, 0.4) is 0 Å². The van der Waals surface area contributed by atoms with Gasteiger partial charge >= 0.3 is 6.18 Å². The van der Waals surface area contributed by atoms with E-state index in [0.29, 0.717) is 43.3 Å². The average molecular weight is 378 g/mol. The monoisotopic (exact) mass is 378 g/mol. The van der Waals surface area contributed by atoms with Crippen LogP contribution in [-0.2, 0) is 17.8 Å². The molecule has 5 nitrogen and oxygen atoms in total. The summed E-state index contributed by atoms with van der Waals surface area (Å²) in [4.78, 5) is 2.18. The Morgan fingerprint density at radius 1 is 1.33 bits per heavy atom. The van der Waals surface area contributed by atoms with Crippen molar-refractivity contribution in [3.63, 3.8) is 0 Å². The van der Waals surface area contributed by atoms with Gasteiger partial charge in [-0.1, -0.05) is 12.1 Å². The van der Waals surface area contributed by atoms with E-state index in [1.807, 2.05) is 18.2 Å². The molecule has 1 saturated heterocycles. The molecule has 1 aliphatic rings. The van der Waals surface area contributed by atoms with Crippen molar-refractivity contribution in [1.29, 1.82) is 5.26 Å². The first kappa shape index (κ1) is 19.4. The maximum absolute atomic E-state index is 12.8. The van der Waals surface area contributed by atoms with Crippen molar-refractivity contribution < 1.29 is 17.9 Å². The van der Waals surface area contributed by atoms with Crippen LogP contribution < -0.4 is 0 Å². The molecule has 0 aliphatic carbocycles. The molecule has 1 aromatic heterocycles. The molecule has 8 heteroatoms. The van der Waals surface area contributed by atoms with Gasteiger partial charge in [-0.3, -0.25) is 9.58 Å². The van der Waals surface area contributed by atoms with Crippen molar-refractivity contribution in [2.75, 3.05) is 19.8 Å². The Morgan fingerprint density at radius 2 is 2.11 bits per heavy atom. The Kier molecular flexibility index (Phi) is 5.53. The molecule has 144 valence electrons. The normalized spacial score (nSPS) is 18.4. The molecule has 2 aromatic rings. The van der Waals surface area contributed by atoms with Gasteiger partial charge in [0.25, 0.3) is 0 Å². The van der Waals surface area contributed by atoms with Crippen LogP contribution in [0.2, 0.25) is 0 Å². The molecule has 0 spiro atoms. The quantitative estimate of drug-likeness (QED) is 0.817. The van der Waals surface area contributed by atoms with Gasteiger partial charge in [0.2, 0.25) is 0 Å². The predicted octanol–water partition coefficient (Wildman–Crippen LogP) is 3.51. The van der Waals surface area contributed by atoms with Gasteiger partial charge in [0.15, 0.2) is 0 Å². The second kappa shape index (κ2) is 7.71. The molecule has 1 aromatic carbocycles. The van der Waals surface area contributed by atoms with Crippen LogP contribution in [0, 0.1) is 25.2 Å². The third-order valence-corrected chi connectivity index (χ3v) is 4.78. The molecular formula is C19H21F3N4O. The molecule has 0 amide bonds. The minimum Gasteiger partial charge on any atom is -0.378 e. The third kappa shape index (κ3) is 4.49. The fraction of sp³-hybridized carbons (Fsp3) is 0.474. The van der Waals surface area contributed by atoms with Gasteiger partial charge in [-0.2, -0.15) is 23.5 Å². The van der Waals surface area contributed by atoms with Crippen molar-refractivity contribution in [2.24, 2.45) is 0 Å². The van der Waals surface area contributed by atoms with Gasteiger partial charge in [0.05, 0.1) is 36.6 Å². The summed E-state index contributed by atoms with van der Waals surface area (Å²) in [7, 11) is 0. The van der Waals surface area contributed by atoms with Crippen molar-refractivity contribution >= 4 is 0 Å². The van der Waals surface area contributed by atoms with E-state index in [1.54, 1.807) is 19.9 Å². The standard InChI is InChI=1S/C19H21F3N4O/c1-13-18(14(2)26(24-13)12-19(20,21)22)17-11-27-7-6-25(17)10-16-5-3-4-15(8-16)9-23/h3-5,8,17H,6-7,10-12H2,1-2H3. The molecule has 1 fully saturated rings. The highest BCUT2D eigenvalue weighted by molar-refractivity contribution is 5.33. The molecule has 3 rings (SSSR count).